The largest absolute Gasteiger partial charge is 0.384 e. The van der Waals surface area contributed by atoms with Crippen molar-refractivity contribution in [1.29, 1.82) is 0 Å². The van der Waals surface area contributed by atoms with Gasteiger partial charge < -0.3 is 15.5 Å². The Kier molecular flexibility index (Phi) is 3.69. The number of carbonyl (C=O) groups excluding carboxylic acids is 1. The molecule has 2 N–H and O–H groups in total. The number of nitrogens with one attached hydrogen (secondary N) is 2. The van der Waals surface area contributed by atoms with Crippen LogP contribution in [0.4, 0.5) is 5.69 Å². The average Bonchev–Trinajstić information content (AvgIpc) is 2.93. The normalized spacial score (nSPS) is 18.0. The van der Waals surface area contributed by atoms with E-state index in [9.17, 15) is 4.79 Å². The van der Waals surface area contributed by atoms with Gasteiger partial charge in [0.25, 0.3) is 0 Å². The van der Waals surface area contributed by atoms with E-state index in [1.54, 1.807) is 0 Å². The number of amides is 1. The van der Waals surface area contributed by atoms with Crippen LogP contribution in [0.2, 0.25) is 0 Å². The smallest absolute Gasteiger partial charge is 0.222 e. The van der Waals surface area contributed by atoms with Gasteiger partial charge in [0.1, 0.15) is 0 Å². The first-order valence-corrected chi connectivity index (χ1v) is 7.17. The average molecular weight is 259 g/mol. The number of rotatable bonds is 3. The summed E-state index contributed by atoms with van der Waals surface area (Å²) in [4.78, 5) is 14.1. The Bertz CT molecular complexity index is 466. The van der Waals surface area contributed by atoms with E-state index in [4.69, 9.17) is 0 Å². The molecule has 0 aliphatic carbocycles. The van der Waals surface area contributed by atoms with E-state index >= 15 is 0 Å². The van der Waals surface area contributed by atoms with Crippen LogP contribution in [-0.2, 0) is 17.6 Å². The lowest BCUT2D eigenvalue weighted by molar-refractivity contribution is -0.131. The van der Waals surface area contributed by atoms with Crippen LogP contribution in [0.25, 0.3) is 0 Å². The molecule has 1 saturated heterocycles. The van der Waals surface area contributed by atoms with Gasteiger partial charge in [-0.2, -0.15) is 0 Å². The number of hydrogen-bond donors (Lipinski definition) is 2. The van der Waals surface area contributed by atoms with Crippen molar-refractivity contribution in [2.75, 3.05) is 38.0 Å². The number of anilines is 1. The Labute approximate surface area is 114 Å². The molecule has 2 aliphatic heterocycles. The lowest BCUT2D eigenvalue weighted by Crippen LogP contribution is -2.46. The molecule has 0 aromatic heterocycles. The zero-order valence-corrected chi connectivity index (χ0v) is 11.2. The molecule has 102 valence electrons. The number of fused-ring (bicyclic) bond motifs is 1. The summed E-state index contributed by atoms with van der Waals surface area (Å²) in [6.07, 6.45) is 2.59. The molecule has 1 aromatic carbocycles. The van der Waals surface area contributed by atoms with Crippen molar-refractivity contribution in [2.24, 2.45) is 0 Å². The van der Waals surface area contributed by atoms with Gasteiger partial charge in [-0.3, -0.25) is 4.79 Å². The van der Waals surface area contributed by atoms with Crippen LogP contribution in [0, 0.1) is 0 Å². The number of hydrogen-bond acceptors (Lipinski definition) is 3. The summed E-state index contributed by atoms with van der Waals surface area (Å²) in [5.41, 5.74) is 3.92. The summed E-state index contributed by atoms with van der Waals surface area (Å²) in [7, 11) is 0. The van der Waals surface area contributed by atoms with Crippen LogP contribution in [0.15, 0.2) is 18.2 Å². The van der Waals surface area contributed by atoms with Gasteiger partial charge in [-0.05, 0) is 30.0 Å². The summed E-state index contributed by atoms with van der Waals surface area (Å²) in [5.74, 6) is 0.287. The minimum absolute atomic E-state index is 0.287. The molecular weight excluding hydrogens is 238 g/mol. The van der Waals surface area contributed by atoms with Gasteiger partial charge >= 0.3 is 0 Å². The van der Waals surface area contributed by atoms with Crippen LogP contribution in [-0.4, -0.2) is 43.5 Å². The van der Waals surface area contributed by atoms with Gasteiger partial charge in [0, 0.05) is 44.8 Å². The molecule has 2 heterocycles. The lowest BCUT2D eigenvalue weighted by Gasteiger charge is -2.27. The molecule has 0 unspecified atom stereocenters. The van der Waals surface area contributed by atoms with Crippen LogP contribution in [0.1, 0.15) is 17.5 Å². The zero-order chi connectivity index (χ0) is 13.1. The molecule has 1 fully saturated rings. The highest BCUT2D eigenvalue weighted by molar-refractivity contribution is 5.76. The molecule has 0 atom stereocenters. The second-order valence-corrected chi connectivity index (χ2v) is 5.30. The summed E-state index contributed by atoms with van der Waals surface area (Å²) in [6.45, 7) is 4.59. The van der Waals surface area contributed by atoms with E-state index < -0.39 is 0 Å². The molecular formula is C15H21N3O. The number of piperazine rings is 1. The monoisotopic (exact) mass is 259 g/mol. The third-order valence-corrected chi connectivity index (χ3v) is 3.98. The maximum Gasteiger partial charge on any atom is 0.222 e. The SMILES string of the molecule is O=C(CCc1ccc2c(c1)NCC2)N1CCNCC1. The maximum absolute atomic E-state index is 12.1. The fourth-order valence-corrected chi connectivity index (χ4v) is 2.82. The fourth-order valence-electron chi connectivity index (χ4n) is 2.82. The van der Waals surface area contributed by atoms with E-state index in [1.165, 1.54) is 16.8 Å². The van der Waals surface area contributed by atoms with E-state index in [0.29, 0.717) is 6.42 Å². The van der Waals surface area contributed by atoms with E-state index in [0.717, 1.165) is 45.6 Å². The predicted molar refractivity (Wildman–Crippen MR) is 76.4 cm³/mol. The molecule has 0 spiro atoms. The van der Waals surface area contributed by atoms with Crippen molar-refractivity contribution in [3.05, 3.63) is 29.3 Å². The molecule has 4 nitrogen and oxygen atoms in total. The molecule has 3 rings (SSSR count). The number of nitrogens with zero attached hydrogens (tertiary/aromatic N) is 1. The van der Waals surface area contributed by atoms with E-state index in [2.05, 4.69) is 28.8 Å². The first kappa shape index (κ1) is 12.5. The lowest BCUT2D eigenvalue weighted by atomic mass is 10.0. The van der Waals surface area contributed by atoms with Crippen LogP contribution < -0.4 is 10.6 Å². The van der Waals surface area contributed by atoms with E-state index in [1.807, 2.05) is 4.90 Å². The standard InChI is InChI=1S/C15H21N3O/c19-15(18-9-7-16-8-10-18)4-2-12-1-3-13-5-6-17-14(13)11-12/h1,3,11,16-17H,2,4-10H2. The quantitative estimate of drug-likeness (QED) is 0.852. The zero-order valence-electron chi connectivity index (χ0n) is 11.2. The first-order valence-electron chi connectivity index (χ1n) is 7.17. The number of benzene rings is 1. The van der Waals surface area contributed by atoms with Gasteiger partial charge in [0.2, 0.25) is 5.91 Å². The van der Waals surface area contributed by atoms with Crippen LogP contribution in [0.5, 0.6) is 0 Å². The van der Waals surface area contributed by atoms with Crippen molar-refractivity contribution in [2.45, 2.75) is 19.3 Å². The summed E-state index contributed by atoms with van der Waals surface area (Å²) in [6, 6.07) is 6.56. The topological polar surface area (TPSA) is 44.4 Å². The van der Waals surface area contributed by atoms with Gasteiger partial charge in [-0.25, -0.2) is 0 Å². The number of carbonyl (C=O) groups is 1. The van der Waals surface area contributed by atoms with Crippen molar-refractivity contribution in [1.82, 2.24) is 10.2 Å². The van der Waals surface area contributed by atoms with Gasteiger partial charge in [-0.15, -0.1) is 0 Å². The summed E-state index contributed by atoms with van der Waals surface area (Å²) < 4.78 is 0. The Balaban J connectivity index is 1.55. The molecule has 0 radical (unpaired) electrons. The summed E-state index contributed by atoms with van der Waals surface area (Å²) >= 11 is 0. The molecule has 1 amide bonds. The third-order valence-electron chi connectivity index (χ3n) is 3.98. The van der Waals surface area contributed by atoms with Gasteiger partial charge in [0.15, 0.2) is 0 Å². The van der Waals surface area contributed by atoms with Crippen molar-refractivity contribution < 1.29 is 4.79 Å². The predicted octanol–water partition coefficient (Wildman–Crippen LogP) is 1.02. The highest BCUT2D eigenvalue weighted by Gasteiger charge is 2.16. The first-order chi connectivity index (χ1) is 9.33. The third kappa shape index (κ3) is 2.89. The molecule has 4 heteroatoms. The number of aryl methyl sites for hydroxylation is 1. The molecule has 1 aromatic rings. The highest BCUT2D eigenvalue weighted by atomic mass is 16.2. The van der Waals surface area contributed by atoms with Crippen molar-refractivity contribution in [3.63, 3.8) is 0 Å². The Morgan fingerprint density at radius 1 is 1.21 bits per heavy atom. The minimum atomic E-state index is 0.287. The second kappa shape index (κ2) is 5.61. The molecule has 2 aliphatic rings. The van der Waals surface area contributed by atoms with Crippen LogP contribution >= 0.6 is 0 Å². The van der Waals surface area contributed by atoms with Crippen molar-refractivity contribution in [3.8, 4) is 0 Å². The molecule has 0 bridgehead atoms. The fraction of sp³-hybridized carbons (Fsp3) is 0.533. The Morgan fingerprint density at radius 2 is 2.05 bits per heavy atom. The molecule has 19 heavy (non-hydrogen) atoms. The van der Waals surface area contributed by atoms with Gasteiger partial charge in [-0.1, -0.05) is 12.1 Å². The Morgan fingerprint density at radius 3 is 2.89 bits per heavy atom. The minimum Gasteiger partial charge on any atom is -0.384 e. The van der Waals surface area contributed by atoms with Crippen molar-refractivity contribution >= 4 is 11.6 Å². The Hall–Kier alpha value is -1.55. The highest BCUT2D eigenvalue weighted by Crippen LogP contribution is 2.23. The summed E-state index contributed by atoms with van der Waals surface area (Å²) in [5, 5.41) is 6.66. The van der Waals surface area contributed by atoms with Gasteiger partial charge in [0.05, 0.1) is 0 Å². The second-order valence-electron chi connectivity index (χ2n) is 5.30. The maximum atomic E-state index is 12.1. The van der Waals surface area contributed by atoms with Crippen LogP contribution in [0.3, 0.4) is 0 Å². The van der Waals surface area contributed by atoms with E-state index in [-0.39, 0.29) is 5.91 Å². The molecule has 0 saturated carbocycles.